The van der Waals surface area contributed by atoms with Gasteiger partial charge in [-0.3, -0.25) is 19.5 Å². The number of hydrogen-bond donors (Lipinski definition) is 3. The van der Waals surface area contributed by atoms with Crippen LogP contribution >= 0.6 is 0 Å². The second-order valence-electron chi connectivity index (χ2n) is 7.52. The van der Waals surface area contributed by atoms with E-state index >= 15 is 0 Å². The first-order valence-electron chi connectivity index (χ1n) is 10.6. The van der Waals surface area contributed by atoms with Gasteiger partial charge in [-0.25, -0.2) is 0 Å². The van der Waals surface area contributed by atoms with Gasteiger partial charge in [0.1, 0.15) is 0 Å². The predicted molar refractivity (Wildman–Crippen MR) is 133 cm³/mol. The fourth-order valence-corrected chi connectivity index (χ4v) is 3.45. The standard InChI is InChI=1S/C11H14N4O3.C11H16N4O/c1-14-10-4-3-8(15(16)17)7-9(10)11(13-14)12-5-6-18-2;1-15-10-4-3-8(12)7-9(10)11(14-15)13-5-6-16-2/h3-4,7H,5-6H2,1-2H3,(H,12,13);3-4,7H,5-6,12H2,1-2H3,(H,13,14). The normalized spacial score (nSPS) is 10.8. The molecule has 4 rings (SSSR count). The Morgan fingerprint density at radius 1 is 0.912 bits per heavy atom. The summed E-state index contributed by atoms with van der Waals surface area (Å²) in [5, 5.41) is 27.5. The van der Waals surface area contributed by atoms with Gasteiger partial charge >= 0.3 is 0 Å². The highest BCUT2D eigenvalue weighted by Crippen LogP contribution is 2.26. The Labute approximate surface area is 196 Å². The first-order valence-corrected chi connectivity index (χ1v) is 10.6. The van der Waals surface area contributed by atoms with Crippen LogP contribution < -0.4 is 16.4 Å². The summed E-state index contributed by atoms with van der Waals surface area (Å²) in [7, 11) is 7.01. The van der Waals surface area contributed by atoms with Gasteiger partial charge in [0.2, 0.25) is 0 Å². The molecule has 0 saturated carbocycles. The lowest BCUT2D eigenvalue weighted by Gasteiger charge is -2.02. The van der Waals surface area contributed by atoms with Crippen LogP contribution in [0.1, 0.15) is 0 Å². The van der Waals surface area contributed by atoms with Crippen molar-refractivity contribution in [1.29, 1.82) is 0 Å². The molecule has 12 nitrogen and oxygen atoms in total. The maximum atomic E-state index is 10.8. The van der Waals surface area contributed by atoms with Crippen molar-refractivity contribution in [2.75, 3.05) is 56.9 Å². The van der Waals surface area contributed by atoms with Crippen LogP contribution in [0.5, 0.6) is 0 Å². The first kappa shape index (κ1) is 24.7. The first-order chi connectivity index (χ1) is 16.3. The molecule has 0 aliphatic heterocycles. The Balaban J connectivity index is 0.000000192. The lowest BCUT2D eigenvalue weighted by Crippen LogP contribution is -2.08. The number of nitro groups is 1. The van der Waals surface area contributed by atoms with Gasteiger partial charge in [-0.05, 0) is 24.3 Å². The number of methoxy groups -OCH3 is 2. The Morgan fingerprint density at radius 2 is 1.41 bits per heavy atom. The number of nitrogens with two attached hydrogens (primary N) is 1. The zero-order valence-corrected chi connectivity index (χ0v) is 19.7. The Bertz CT molecular complexity index is 1270. The summed E-state index contributed by atoms with van der Waals surface area (Å²) in [4.78, 5) is 10.3. The zero-order chi connectivity index (χ0) is 24.7. The summed E-state index contributed by atoms with van der Waals surface area (Å²) in [5.41, 5.74) is 8.49. The molecule has 0 saturated heterocycles. The van der Waals surface area contributed by atoms with Gasteiger partial charge in [-0.1, -0.05) is 0 Å². The van der Waals surface area contributed by atoms with E-state index in [1.54, 1.807) is 32.0 Å². The number of ether oxygens (including phenoxy) is 2. The third-order valence-electron chi connectivity index (χ3n) is 5.12. The molecule has 4 N–H and O–H groups in total. The van der Waals surface area contributed by atoms with E-state index in [1.807, 2.05) is 29.9 Å². The van der Waals surface area contributed by atoms with Crippen molar-refractivity contribution in [3.8, 4) is 0 Å². The summed E-state index contributed by atoms with van der Waals surface area (Å²) in [6, 6.07) is 10.5. The molecule has 182 valence electrons. The van der Waals surface area contributed by atoms with Gasteiger partial charge in [0.05, 0.1) is 34.6 Å². The van der Waals surface area contributed by atoms with Gasteiger partial charge in [0.15, 0.2) is 11.6 Å². The molecule has 0 bridgehead atoms. The summed E-state index contributed by atoms with van der Waals surface area (Å²) in [6.45, 7) is 2.54. The number of hydrogen-bond acceptors (Lipinski definition) is 9. The molecule has 0 unspecified atom stereocenters. The number of nitrogens with one attached hydrogen (secondary N) is 2. The lowest BCUT2D eigenvalue weighted by atomic mass is 10.2. The van der Waals surface area contributed by atoms with Crippen LogP contribution in [-0.2, 0) is 23.6 Å². The highest BCUT2D eigenvalue weighted by Gasteiger charge is 2.13. The smallest absolute Gasteiger partial charge is 0.270 e. The zero-order valence-electron chi connectivity index (χ0n) is 19.7. The highest BCUT2D eigenvalue weighted by atomic mass is 16.6. The summed E-state index contributed by atoms with van der Waals surface area (Å²) in [5.74, 6) is 1.48. The third-order valence-corrected chi connectivity index (χ3v) is 5.12. The molecule has 0 aliphatic rings. The van der Waals surface area contributed by atoms with Gasteiger partial charge in [0, 0.05) is 64.6 Å². The average molecular weight is 471 g/mol. The van der Waals surface area contributed by atoms with E-state index in [-0.39, 0.29) is 5.69 Å². The van der Waals surface area contributed by atoms with Crippen LogP contribution in [0.3, 0.4) is 0 Å². The van der Waals surface area contributed by atoms with Crippen LogP contribution in [0.4, 0.5) is 23.0 Å². The van der Waals surface area contributed by atoms with Crippen LogP contribution in [0.2, 0.25) is 0 Å². The molecule has 2 aromatic carbocycles. The number of nitro benzene ring substituents is 1. The van der Waals surface area contributed by atoms with E-state index in [9.17, 15) is 10.1 Å². The number of fused-ring (bicyclic) bond motifs is 2. The number of benzene rings is 2. The molecule has 4 aromatic rings. The molecule has 0 spiro atoms. The maximum absolute atomic E-state index is 10.8. The number of anilines is 3. The number of nitrogen functional groups attached to an aromatic ring is 1. The molecule has 0 amide bonds. The van der Waals surface area contributed by atoms with Crippen molar-refractivity contribution in [1.82, 2.24) is 19.6 Å². The highest BCUT2D eigenvalue weighted by molar-refractivity contribution is 5.93. The molecular weight excluding hydrogens is 440 g/mol. The summed E-state index contributed by atoms with van der Waals surface area (Å²) < 4.78 is 13.4. The monoisotopic (exact) mass is 470 g/mol. The van der Waals surface area contributed by atoms with E-state index in [0.29, 0.717) is 25.6 Å². The van der Waals surface area contributed by atoms with E-state index in [0.717, 1.165) is 39.9 Å². The van der Waals surface area contributed by atoms with E-state index in [2.05, 4.69) is 20.8 Å². The molecule has 0 fully saturated rings. The van der Waals surface area contributed by atoms with Crippen LogP contribution in [0, 0.1) is 10.1 Å². The molecule has 12 heteroatoms. The van der Waals surface area contributed by atoms with Gasteiger partial charge < -0.3 is 25.8 Å². The Morgan fingerprint density at radius 3 is 1.91 bits per heavy atom. The fourth-order valence-electron chi connectivity index (χ4n) is 3.45. The quantitative estimate of drug-likeness (QED) is 0.145. The van der Waals surface area contributed by atoms with Crippen molar-refractivity contribution >= 4 is 44.8 Å². The molecule has 0 aliphatic carbocycles. The predicted octanol–water partition coefficient (Wildman–Crippen LogP) is 2.75. The number of nitrogens with zero attached hydrogens (tertiary/aromatic N) is 5. The maximum Gasteiger partial charge on any atom is 0.270 e. The third kappa shape index (κ3) is 5.71. The van der Waals surface area contributed by atoms with Gasteiger partial charge in [-0.2, -0.15) is 10.2 Å². The van der Waals surface area contributed by atoms with Gasteiger partial charge in [0.25, 0.3) is 5.69 Å². The second-order valence-corrected chi connectivity index (χ2v) is 7.52. The van der Waals surface area contributed by atoms with Crippen LogP contribution in [0.25, 0.3) is 21.8 Å². The average Bonchev–Trinajstić information content (AvgIpc) is 3.30. The number of non-ortho nitro benzene ring substituents is 1. The minimum atomic E-state index is -0.411. The molecule has 0 atom stereocenters. The SMILES string of the molecule is COCCNc1nn(C)c2ccc(N)cc12.COCCNc1nn(C)c2ccc([N+](=O)[O-])cc12. The van der Waals surface area contributed by atoms with E-state index in [1.165, 1.54) is 12.1 Å². The van der Waals surface area contributed by atoms with Crippen molar-refractivity contribution in [2.45, 2.75) is 0 Å². The van der Waals surface area contributed by atoms with Crippen molar-refractivity contribution < 1.29 is 14.4 Å². The number of aryl methyl sites for hydroxylation is 2. The van der Waals surface area contributed by atoms with Crippen molar-refractivity contribution in [3.63, 3.8) is 0 Å². The molecular formula is C22H30N8O4. The second kappa shape index (κ2) is 11.3. The van der Waals surface area contributed by atoms with E-state index in [4.69, 9.17) is 15.2 Å². The van der Waals surface area contributed by atoms with E-state index < -0.39 is 4.92 Å². The van der Waals surface area contributed by atoms with Gasteiger partial charge in [-0.15, -0.1) is 0 Å². The molecule has 0 radical (unpaired) electrons. The summed E-state index contributed by atoms with van der Waals surface area (Å²) >= 11 is 0. The Hall–Kier alpha value is -3.90. The molecule has 2 aromatic heterocycles. The molecule has 34 heavy (non-hydrogen) atoms. The topological polar surface area (TPSA) is 147 Å². The summed E-state index contributed by atoms with van der Waals surface area (Å²) in [6.07, 6.45) is 0. The van der Waals surface area contributed by atoms with Crippen molar-refractivity contribution in [2.24, 2.45) is 14.1 Å². The van der Waals surface area contributed by atoms with Crippen LogP contribution in [0.15, 0.2) is 36.4 Å². The fraction of sp³-hybridized carbons (Fsp3) is 0.364. The minimum absolute atomic E-state index is 0.0605. The largest absolute Gasteiger partial charge is 0.399 e. The number of rotatable bonds is 9. The number of aromatic nitrogens is 4. The lowest BCUT2D eigenvalue weighted by molar-refractivity contribution is -0.384. The van der Waals surface area contributed by atoms with Crippen LogP contribution in [-0.4, -0.2) is 65.0 Å². The molecule has 2 heterocycles. The van der Waals surface area contributed by atoms with Crippen molar-refractivity contribution in [3.05, 3.63) is 46.5 Å². The minimum Gasteiger partial charge on any atom is -0.399 e. The Kier molecular flexibility index (Phi) is 8.22.